The van der Waals surface area contributed by atoms with Crippen molar-refractivity contribution in [3.8, 4) is 0 Å². The van der Waals surface area contributed by atoms with Crippen LogP contribution in [0.5, 0.6) is 0 Å². The maximum absolute atomic E-state index is 13.2. The summed E-state index contributed by atoms with van der Waals surface area (Å²) in [6.07, 6.45) is 5.05. The summed E-state index contributed by atoms with van der Waals surface area (Å²) in [7, 11) is 1.56. The molecule has 2 heterocycles. The highest BCUT2D eigenvalue weighted by molar-refractivity contribution is 5.91. The number of ether oxygens (including phenoxy) is 2. The van der Waals surface area contributed by atoms with Gasteiger partial charge in [-0.3, -0.25) is 24.2 Å². The average Bonchev–Trinajstić information content (AvgIpc) is 2.94. The summed E-state index contributed by atoms with van der Waals surface area (Å²) >= 11 is 0. The van der Waals surface area contributed by atoms with Gasteiger partial charge in [0.15, 0.2) is 6.10 Å². The van der Waals surface area contributed by atoms with Gasteiger partial charge in [0.2, 0.25) is 5.91 Å². The quantitative estimate of drug-likeness (QED) is 0.478. The van der Waals surface area contributed by atoms with E-state index in [0.717, 1.165) is 11.1 Å². The normalized spacial score (nSPS) is 29.6. The van der Waals surface area contributed by atoms with Gasteiger partial charge in [0.1, 0.15) is 12.1 Å². The lowest BCUT2D eigenvalue weighted by atomic mass is 9.99. The van der Waals surface area contributed by atoms with Crippen molar-refractivity contribution in [3.05, 3.63) is 41.5 Å². The Bertz CT molecular complexity index is 1090. The van der Waals surface area contributed by atoms with Gasteiger partial charge >= 0.3 is 5.97 Å². The SMILES string of the molecule is CO[C@@H]1CCC=Cc2cccc(c2)[C@@H](C)NC(=O)[C@@H]2CCCN(N2)C(=O)[C@H](C)NC(=O)[C@H](C(C)C)OC(=O)[C@@H]1C. The van der Waals surface area contributed by atoms with Crippen LogP contribution in [-0.4, -0.2) is 66.6 Å². The molecule has 10 nitrogen and oxygen atoms in total. The van der Waals surface area contributed by atoms with Crippen LogP contribution in [0.25, 0.3) is 6.08 Å². The number of carbonyl (C=O) groups is 4. The van der Waals surface area contributed by atoms with Crippen LogP contribution in [-0.2, 0) is 28.7 Å². The molecule has 3 rings (SSSR count). The summed E-state index contributed by atoms with van der Waals surface area (Å²) in [6, 6.07) is 6.23. The van der Waals surface area contributed by atoms with E-state index < -0.39 is 42.1 Å². The van der Waals surface area contributed by atoms with Crippen molar-refractivity contribution in [1.82, 2.24) is 21.1 Å². The van der Waals surface area contributed by atoms with Gasteiger partial charge in [-0.05, 0) is 69.6 Å². The number of methoxy groups -OCH3 is 1. The summed E-state index contributed by atoms with van der Waals surface area (Å²) in [5, 5.41) is 7.14. The van der Waals surface area contributed by atoms with Gasteiger partial charge in [-0.1, -0.05) is 44.2 Å². The smallest absolute Gasteiger partial charge is 0.312 e. The van der Waals surface area contributed by atoms with Gasteiger partial charge in [0.25, 0.3) is 11.8 Å². The Labute approximate surface area is 237 Å². The van der Waals surface area contributed by atoms with Gasteiger partial charge in [-0.2, -0.15) is 0 Å². The Kier molecular flexibility index (Phi) is 11.3. The highest BCUT2D eigenvalue weighted by Crippen LogP contribution is 2.20. The second kappa shape index (κ2) is 14.4. The molecule has 40 heavy (non-hydrogen) atoms. The number of carbonyl (C=O) groups excluding carboxylic acids is 4. The van der Waals surface area contributed by atoms with Crippen molar-refractivity contribution < 1.29 is 28.7 Å². The minimum Gasteiger partial charge on any atom is -0.452 e. The summed E-state index contributed by atoms with van der Waals surface area (Å²) in [4.78, 5) is 52.5. The minimum atomic E-state index is -1.07. The number of nitrogens with zero attached hydrogens (tertiary/aromatic N) is 1. The van der Waals surface area contributed by atoms with Crippen LogP contribution in [0.2, 0.25) is 0 Å². The molecule has 1 aromatic rings. The summed E-state index contributed by atoms with van der Waals surface area (Å²) in [6.45, 7) is 9.21. The first kappa shape index (κ1) is 31.3. The van der Waals surface area contributed by atoms with E-state index in [1.165, 1.54) is 5.01 Å². The number of hydrazine groups is 1. The lowest BCUT2D eigenvalue weighted by Gasteiger charge is -2.35. The zero-order valence-corrected chi connectivity index (χ0v) is 24.4. The molecule has 2 aliphatic heterocycles. The maximum atomic E-state index is 13.2. The Balaban J connectivity index is 1.87. The van der Waals surface area contributed by atoms with Crippen LogP contribution in [0.3, 0.4) is 0 Å². The second-order valence-electron chi connectivity index (χ2n) is 11.1. The molecule has 6 atom stereocenters. The van der Waals surface area contributed by atoms with Crippen molar-refractivity contribution in [1.29, 1.82) is 0 Å². The molecule has 0 aliphatic carbocycles. The summed E-state index contributed by atoms with van der Waals surface area (Å²) in [5.74, 6) is -2.55. The van der Waals surface area contributed by atoms with E-state index in [4.69, 9.17) is 9.47 Å². The highest BCUT2D eigenvalue weighted by Gasteiger charge is 2.35. The number of benzene rings is 1. The zero-order valence-electron chi connectivity index (χ0n) is 24.4. The van der Waals surface area contributed by atoms with E-state index in [0.29, 0.717) is 32.2 Å². The average molecular weight is 557 g/mol. The molecular weight excluding hydrogens is 512 g/mol. The molecule has 10 heteroatoms. The zero-order chi connectivity index (χ0) is 29.4. The van der Waals surface area contributed by atoms with Crippen molar-refractivity contribution in [2.45, 2.75) is 90.6 Å². The molecule has 1 aromatic carbocycles. The Morgan fingerprint density at radius 2 is 1.73 bits per heavy atom. The van der Waals surface area contributed by atoms with E-state index in [2.05, 4.69) is 16.1 Å². The fourth-order valence-electron chi connectivity index (χ4n) is 4.98. The molecule has 2 aliphatic rings. The number of allylic oxidation sites excluding steroid dienone is 1. The van der Waals surface area contributed by atoms with E-state index in [-0.39, 0.29) is 23.8 Å². The lowest BCUT2D eigenvalue weighted by Crippen LogP contribution is -2.61. The fraction of sp³-hybridized carbons (Fsp3) is 0.600. The molecule has 220 valence electrons. The largest absolute Gasteiger partial charge is 0.452 e. The molecule has 0 saturated carbocycles. The fourth-order valence-corrected chi connectivity index (χ4v) is 4.98. The van der Waals surface area contributed by atoms with Gasteiger partial charge in [0.05, 0.1) is 18.1 Å². The third-order valence-electron chi connectivity index (χ3n) is 7.53. The van der Waals surface area contributed by atoms with Crippen LogP contribution in [0.1, 0.15) is 77.5 Å². The minimum absolute atomic E-state index is 0.198. The third kappa shape index (κ3) is 8.14. The number of nitrogens with one attached hydrogen (secondary N) is 3. The molecule has 0 spiro atoms. The van der Waals surface area contributed by atoms with Crippen LogP contribution < -0.4 is 16.1 Å². The number of amides is 3. The van der Waals surface area contributed by atoms with Crippen molar-refractivity contribution in [2.75, 3.05) is 13.7 Å². The third-order valence-corrected chi connectivity index (χ3v) is 7.53. The van der Waals surface area contributed by atoms with Gasteiger partial charge in [-0.15, -0.1) is 0 Å². The van der Waals surface area contributed by atoms with E-state index in [1.807, 2.05) is 43.3 Å². The molecular formula is C30H44N4O6. The molecule has 3 N–H and O–H groups in total. The Hall–Kier alpha value is -3.24. The summed E-state index contributed by atoms with van der Waals surface area (Å²) in [5.41, 5.74) is 4.99. The molecule has 1 fully saturated rings. The number of rotatable bonds is 2. The van der Waals surface area contributed by atoms with Gasteiger partial charge in [-0.25, -0.2) is 5.43 Å². The summed E-state index contributed by atoms with van der Waals surface area (Å²) < 4.78 is 11.3. The van der Waals surface area contributed by atoms with Crippen LogP contribution >= 0.6 is 0 Å². The van der Waals surface area contributed by atoms with Crippen molar-refractivity contribution in [3.63, 3.8) is 0 Å². The molecule has 1 saturated heterocycles. The van der Waals surface area contributed by atoms with Crippen LogP contribution in [0.4, 0.5) is 0 Å². The van der Waals surface area contributed by atoms with E-state index in [1.54, 1.807) is 34.8 Å². The molecule has 0 radical (unpaired) electrons. The van der Waals surface area contributed by atoms with E-state index >= 15 is 0 Å². The number of esters is 1. The first-order chi connectivity index (χ1) is 19.0. The number of cyclic esters (lactones) is 1. The molecule has 3 amide bonds. The Morgan fingerprint density at radius 1 is 1.00 bits per heavy atom. The second-order valence-corrected chi connectivity index (χ2v) is 11.1. The Morgan fingerprint density at radius 3 is 2.42 bits per heavy atom. The van der Waals surface area contributed by atoms with E-state index in [9.17, 15) is 19.2 Å². The predicted molar refractivity (Wildman–Crippen MR) is 151 cm³/mol. The number of fused-ring (bicyclic) bond motifs is 4. The predicted octanol–water partition coefficient (Wildman–Crippen LogP) is 2.89. The monoisotopic (exact) mass is 556 g/mol. The highest BCUT2D eigenvalue weighted by atomic mass is 16.6. The van der Waals surface area contributed by atoms with Crippen LogP contribution in [0, 0.1) is 11.8 Å². The first-order valence-electron chi connectivity index (χ1n) is 14.2. The number of hydrogen-bond acceptors (Lipinski definition) is 7. The van der Waals surface area contributed by atoms with Crippen LogP contribution in [0.15, 0.2) is 30.3 Å². The lowest BCUT2D eigenvalue weighted by molar-refractivity contribution is -0.166. The maximum Gasteiger partial charge on any atom is 0.312 e. The first-order valence-corrected chi connectivity index (χ1v) is 14.2. The van der Waals surface area contributed by atoms with Crippen molar-refractivity contribution in [2.24, 2.45) is 11.8 Å². The molecule has 4 bridgehead atoms. The number of hydrogen-bond donors (Lipinski definition) is 3. The van der Waals surface area contributed by atoms with Gasteiger partial charge in [0, 0.05) is 13.7 Å². The topological polar surface area (TPSA) is 126 Å². The van der Waals surface area contributed by atoms with Gasteiger partial charge < -0.3 is 20.1 Å². The van der Waals surface area contributed by atoms with Crippen molar-refractivity contribution >= 4 is 29.8 Å². The standard InChI is InChI=1S/C30H44N4O6/c1-18(2)26-28(36)32-21(5)29(37)34-16-10-14-24(33-34)27(35)31-20(4)23-13-9-12-22(17-23)11-7-8-15-25(39-6)19(3)30(38)40-26/h7,9,11-13,17-21,24-26,33H,8,10,14-16H2,1-6H3,(H,31,35)(H,32,36)/t19-,20-,21+,24+,25-,26+/m1/s1. The molecule has 0 unspecified atom stereocenters. The molecule has 0 aromatic heterocycles.